The monoisotopic (exact) mass is 395 g/mol. The van der Waals surface area contributed by atoms with Crippen molar-refractivity contribution in [3.8, 4) is 0 Å². The Labute approximate surface area is 165 Å². The Kier molecular flexibility index (Phi) is 9.44. The molecular formula is C20H29NO7. The number of rotatable bonds is 9. The fourth-order valence-corrected chi connectivity index (χ4v) is 2.38. The first-order valence-corrected chi connectivity index (χ1v) is 8.93. The lowest BCUT2D eigenvalue weighted by atomic mass is 10.0. The van der Waals surface area contributed by atoms with Gasteiger partial charge in [-0.1, -0.05) is 30.3 Å². The lowest BCUT2D eigenvalue weighted by Crippen LogP contribution is -2.46. The van der Waals surface area contributed by atoms with E-state index in [4.69, 9.17) is 18.9 Å². The van der Waals surface area contributed by atoms with Gasteiger partial charge in [-0.25, -0.2) is 9.59 Å². The van der Waals surface area contributed by atoms with Crippen LogP contribution in [0.15, 0.2) is 30.3 Å². The van der Waals surface area contributed by atoms with Crippen molar-refractivity contribution in [1.82, 2.24) is 5.32 Å². The topological polar surface area (TPSA) is 100 Å². The molecule has 1 N–H and O–H groups in total. The molecule has 0 fully saturated rings. The van der Waals surface area contributed by atoms with Crippen LogP contribution in [-0.4, -0.2) is 50.5 Å². The third-order valence-corrected chi connectivity index (χ3v) is 3.62. The second-order valence-electron chi connectivity index (χ2n) is 7.20. The Bertz CT molecular complexity index is 640. The molecule has 0 saturated heterocycles. The number of hydrogen-bond acceptors (Lipinski definition) is 7. The molecule has 2 atom stereocenters. The van der Waals surface area contributed by atoms with Gasteiger partial charge in [-0.2, -0.15) is 0 Å². The number of benzene rings is 1. The van der Waals surface area contributed by atoms with E-state index in [2.05, 4.69) is 5.32 Å². The maximum atomic E-state index is 12.6. The summed E-state index contributed by atoms with van der Waals surface area (Å²) in [5, 5.41) is 2.48. The van der Waals surface area contributed by atoms with Crippen LogP contribution in [0.5, 0.6) is 0 Å². The van der Waals surface area contributed by atoms with Crippen molar-refractivity contribution in [2.45, 2.75) is 45.4 Å². The number of nitrogens with one attached hydrogen (secondary N) is 1. The second kappa shape index (κ2) is 11.3. The van der Waals surface area contributed by atoms with Crippen LogP contribution >= 0.6 is 0 Å². The lowest BCUT2D eigenvalue weighted by molar-refractivity contribution is -0.151. The van der Waals surface area contributed by atoms with Gasteiger partial charge in [-0.15, -0.1) is 0 Å². The van der Waals surface area contributed by atoms with E-state index in [1.165, 1.54) is 14.2 Å². The van der Waals surface area contributed by atoms with Gasteiger partial charge in [0.15, 0.2) is 0 Å². The van der Waals surface area contributed by atoms with Gasteiger partial charge in [0, 0.05) is 7.11 Å². The van der Waals surface area contributed by atoms with Crippen LogP contribution in [0, 0.1) is 5.92 Å². The van der Waals surface area contributed by atoms with E-state index in [1.54, 1.807) is 20.8 Å². The third kappa shape index (κ3) is 8.85. The first kappa shape index (κ1) is 23.4. The molecular weight excluding hydrogens is 366 g/mol. The summed E-state index contributed by atoms with van der Waals surface area (Å²) in [6, 6.07) is 8.02. The maximum absolute atomic E-state index is 12.6. The van der Waals surface area contributed by atoms with Crippen LogP contribution in [0.4, 0.5) is 4.79 Å². The Hall–Kier alpha value is -2.61. The summed E-state index contributed by atoms with van der Waals surface area (Å²) in [5.74, 6) is -1.98. The summed E-state index contributed by atoms with van der Waals surface area (Å²) in [7, 11) is 2.68. The van der Waals surface area contributed by atoms with Crippen molar-refractivity contribution in [2.24, 2.45) is 5.92 Å². The summed E-state index contributed by atoms with van der Waals surface area (Å²) in [4.78, 5) is 36.7. The maximum Gasteiger partial charge on any atom is 0.408 e. The molecule has 8 heteroatoms. The van der Waals surface area contributed by atoms with Crippen LogP contribution in [0.25, 0.3) is 0 Å². The average molecular weight is 395 g/mol. The van der Waals surface area contributed by atoms with Crippen molar-refractivity contribution in [3.63, 3.8) is 0 Å². The molecule has 0 spiro atoms. The van der Waals surface area contributed by atoms with Gasteiger partial charge in [0.05, 0.1) is 19.6 Å². The molecule has 0 aliphatic rings. The lowest BCUT2D eigenvalue weighted by Gasteiger charge is -2.24. The summed E-state index contributed by atoms with van der Waals surface area (Å²) >= 11 is 0. The first-order chi connectivity index (χ1) is 13.2. The number of amides is 1. The van der Waals surface area contributed by atoms with Gasteiger partial charge in [0.1, 0.15) is 18.2 Å². The molecule has 1 aromatic rings. The number of carbonyl (C=O) groups excluding carboxylic acids is 3. The molecule has 8 nitrogen and oxygen atoms in total. The molecule has 1 rings (SSSR count). The smallest absolute Gasteiger partial charge is 0.408 e. The SMILES string of the molecule is COC[C@@H](C[C@H](NC(=O)OC(C)(C)C)C(=O)OCc1ccccc1)C(=O)OC. The molecule has 0 bridgehead atoms. The number of esters is 2. The van der Waals surface area contributed by atoms with Gasteiger partial charge in [0.25, 0.3) is 0 Å². The van der Waals surface area contributed by atoms with Crippen molar-refractivity contribution in [3.05, 3.63) is 35.9 Å². The summed E-state index contributed by atoms with van der Waals surface area (Å²) < 4.78 is 20.3. The highest BCUT2D eigenvalue weighted by molar-refractivity contribution is 5.82. The molecule has 0 saturated carbocycles. The molecule has 1 amide bonds. The zero-order valence-electron chi connectivity index (χ0n) is 17.0. The standard InChI is InChI=1S/C20H29NO7/c1-20(2,3)28-19(24)21-16(11-15(13-25-4)17(22)26-5)18(23)27-12-14-9-7-6-8-10-14/h6-10,15-16H,11-13H2,1-5H3,(H,21,24)/t15-,16+/m1/s1. The predicted octanol–water partition coefficient (Wildman–Crippen LogP) is 2.45. The minimum Gasteiger partial charge on any atom is -0.469 e. The highest BCUT2D eigenvalue weighted by Gasteiger charge is 2.31. The molecule has 1 aromatic carbocycles. The Morgan fingerprint density at radius 3 is 2.21 bits per heavy atom. The van der Waals surface area contributed by atoms with Crippen molar-refractivity contribution in [2.75, 3.05) is 20.8 Å². The molecule has 0 aromatic heterocycles. The summed E-state index contributed by atoms with van der Waals surface area (Å²) in [6.45, 7) is 5.19. The molecule has 28 heavy (non-hydrogen) atoms. The van der Waals surface area contributed by atoms with Crippen molar-refractivity contribution in [1.29, 1.82) is 0 Å². The molecule has 0 aliphatic carbocycles. The van der Waals surface area contributed by atoms with Crippen LogP contribution in [0.3, 0.4) is 0 Å². The minimum atomic E-state index is -1.10. The van der Waals surface area contributed by atoms with Gasteiger partial charge in [0.2, 0.25) is 0 Å². The van der Waals surface area contributed by atoms with E-state index in [0.717, 1.165) is 5.56 Å². The quantitative estimate of drug-likeness (QED) is 0.506. The summed E-state index contributed by atoms with van der Waals surface area (Å²) in [5.41, 5.74) is 0.0601. The third-order valence-electron chi connectivity index (χ3n) is 3.62. The molecule has 0 radical (unpaired) electrons. The van der Waals surface area contributed by atoms with E-state index < -0.39 is 35.6 Å². The zero-order valence-corrected chi connectivity index (χ0v) is 17.0. The van der Waals surface area contributed by atoms with E-state index >= 15 is 0 Å². The number of methoxy groups -OCH3 is 2. The molecule has 156 valence electrons. The van der Waals surface area contributed by atoms with Gasteiger partial charge >= 0.3 is 18.0 Å². The van der Waals surface area contributed by atoms with Crippen LogP contribution in [0.2, 0.25) is 0 Å². The van der Waals surface area contributed by atoms with E-state index in [-0.39, 0.29) is 19.6 Å². The largest absolute Gasteiger partial charge is 0.469 e. The fourth-order valence-electron chi connectivity index (χ4n) is 2.38. The van der Waals surface area contributed by atoms with Crippen LogP contribution in [-0.2, 0) is 35.1 Å². The first-order valence-electron chi connectivity index (χ1n) is 8.93. The van der Waals surface area contributed by atoms with Crippen molar-refractivity contribution < 1.29 is 33.3 Å². The second-order valence-corrected chi connectivity index (χ2v) is 7.20. The number of alkyl carbamates (subject to hydrolysis) is 1. The van der Waals surface area contributed by atoms with E-state index in [0.29, 0.717) is 0 Å². The van der Waals surface area contributed by atoms with Gasteiger partial charge in [-0.3, -0.25) is 4.79 Å². The van der Waals surface area contributed by atoms with E-state index in [9.17, 15) is 14.4 Å². The number of hydrogen-bond donors (Lipinski definition) is 1. The van der Waals surface area contributed by atoms with Gasteiger partial charge < -0.3 is 24.3 Å². The number of ether oxygens (including phenoxy) is 4. The highest BCUT2D eigenvalue weighted by atomic mass is 16.6. The Balaban J connectivity index is 2.86. The normalized spacial score (nSPS) is 13.2. The summed E-state index contributed by atoms with van der Waals surface area (Å²) in [6.07, 6.45) is -0.830. The predicted molar refractivity (Wildman–Crippen MR) is 101 cm³/mol. The fraction of sp³-hybridized carbons (Fsp3) is 0.550. The average Bonchev–Trinajstić information content (AvgIpc) is 2.63. The van der Waals surface area contributed by atoms with Crippen molar-refractivity contribution >= 4 is 18.0 Å². The number of carbonyl (C=O) groups is 3. The molecule has 0 unspecified atom stereocenters. The highest BCUT2D eigenvalue weighted by Crippen LogP contribution is 2.14. The Morgan fingerprint density at radius 1 is 1.04 bits per heavy atom. The van der Waals surface area contributed by atoms with Crippen LogP contribution in [0.1, 0.15) is 32.8 Å². The molecule has 0 aliphatic heterocycles. The van der Waals surface area contributed by atoms with E-state index in [1.807, 2.05) is 30.3 Å². The van der Waals surface area contributed by atoms with Gasteiger partial charge in [-0.05, 0) is 32.8 Å². The zero-order chi connectivity index (χ0) is 21.2. The van der Waals surface area contributed by atoms with Crippen LogP contribution < -0.4 is 5.32 Å². The Morgan fingerprint density at radius 2 is 1.68 bits per heavy atom. The minimum absolute atomic E-state index is 0.0329. The molecule has 0 heterocycles.